The molecule has 0 heterocycles. The molecule has 1 aromatic carbocycles. The minimum absolute atomic E-state index is 0.176. The minimum Gasteiger partial charge on any atom is -0.294 e. The first-order valence-corrected chi connectivity index (χ1v) is 6.59. The Morgan fingerprint density at radius 2 is 1.88 bits per heavy atom. The third-order valence-corrected chi connectivity index (χ3v) is 3.55. The number of rotatable bonds is 3. The molecule has 0 aromatic heterocycles. The summed E-state index contributed by atoms with van der Waals surface area (Å²) in [6, 6.07) is 7.55. The summed E-state index contributed by atoms with van der Waals surface area (Å²) in [4.78, 5) is 11.9. The minimum atomic E-state index is 0.176. The summed E-state index contributed by atoms with van der Waals surface area (Å²) in [7, 11) is 0. The summed E-state index contributed by atoms with van der Waals surface area (Å²) in [5.74, 6) is 0.176. The zero-order valence-corrected chi connectivity index (χ0v) is 10.7. The molecule has 0 N–H and O–H groups in total. The highest BCUT2D eigenvalue weighted by molar-refractivity contribution is 6.31. The van der Waals surface area contributed by atoms with Crippen LogP contribution in [0.15, 0.2) is 35.9 Å². The number of benzene rings is 1. The van der Waals surface area contributed by atoms with E-state index in [9.17, 15) is 4.79 Å². The third-order valence-electron chi connectivity index (χ3n) is 3.18. The second-order valence-electron chi connectivity index (χ2n) is 4.60. The van der Waals surface area contributed by atoms with Gasteiger partial charge in [0.2, 0.25) is 0 Å². The maximum atomic E-state index is 11.9. The van der Waals surface area contributed by atoms with Crippen molar-refractivity contribution in [3.63, 3.8) is 0 Å². The molecule has 0 unspecified atom stereocenters. The average molecular weight is 249 g/mol. The number of hydrogen-bond donors (Lipinski definition) is 0. The highest BCUT2D eigenvalue weighted by atomic mass is 35.5. The van der Waals surface area contributed by atoms with Crippen LogP contribution >= 0.6 is 11.6 Å². The summed E-state index contributed by atoms with van der Waals surface area (Å²) in [5.41, 5.74) is 2.24. The van der Waals surface area contributed by atoms with Gasteiger partial charge >= 0.3 is 0 Å². The van der Waals surface area contributed by atoms with Gasteiger partial charge < -0.3 is 0 Å². The fourth-order valence-electron chi connectivity index (χ4n) is 2.26. The van der Waals surface area contributed by atoms with Gasteiger partial charge in [0.15, 0.2) is 5.78 Å². The third kappa shape index (κ3) is 3.71. The van der Waals surface area contributed by atoms with E-state index in [-0.39, 0.29) is 5.78 Å². The number of allylic oxidation sites excluding steroid dienone is 2. The van der Waals surface area contributed by atoms with Gasteiger partial charge in [0, 0.05) is 11.4 Å². The van der Waals surface area contributed by atoms with E-state index in [2.05, 4.69) is 0 Å². The lowest BCUT2D eigenvalue weighted by Gasteiger charge is -2.12. The van der Waals surface area contributed by atoms with Crippen LogP contribution < -0.4 is 0 Å². The lowest BCUT2D eigenvalue weighted by molar-refractivity contribution is -0.114. The molecule has 0 bridgehead atoms. The predicted molar refractivity (Wildman–Crippen MR) is 71.3 cm³/mol. The van der Waals surface area contributed by atoms with Crippen LogP contribution in [0.3, 0.4) is 0 Å². The molecule has 90 valence electrons. The molecule has 1 aliphatic carbocycles. The van der Waals surface area contributed by atoms with Crippen LogP contribution in [0.2, 0.25) is 5.02 Å². The van der Waals surface area contributed by atoms with Gasteiger partial charge in [-0.3, -0.25) is 4.79 Å². The molecule has 0 amide bonds. The van der Waals surface area contributed by atoms with E-state index in [0.29, 0.717) is 11.4 Å². The SMILES string of the molecule is O=C(C=C1CCCCC1)Cc1ccccc1Cl. The summed E-state index contributed by atoms with van der Waals surface area (Å²) < 4.78 is 0. The quantitative estimate of drug-likeness (QED) is 0.727. The summed E-state index contributed by atoms with van der Waals surface area (Å²) in [6.45, 7) is 0. The smallest absolute Gasteiger partial charge is 0.160 e. The van der Waals surface area contributed by atoms with Gasteiger partial charge in [-0.15, -0.1) is 0 Å². The maximum Gasteiger partial charge on any atom is 0.160 e. The van der Waals surface area contributed by atoms with E-state index in [4.69, 9.17) is 11.6 Å². The Kier molecular flexibility index (Phi) is 4.38. The van der Waals surface area contributed by atoms with E-state index in [1.165, 1.54) is 24.8 Å². The second kappa shape index (κ2) is 6.02. The molecule has 1 saturated carbocycles. The number of ketones is 1. The van der Waals surface area contributed by atoms with Crippen molar-refractivity contribution in [2.75, 3.05) is 0 Å². The molecule has 2 rings (SSSR count). The fourth-order valence-corrected chi connectivity index (χ4v) is 2.46. The van der Waals surface area contributed by atoms with E-state index < -0.39 is 0 Å². The van der Waals surface area contributed by atoms with Gasteiger partial charge in [-0.2, -0.15) is 0 Å². The number of carbonyl (C=O) groups is 1. The molecule has 0 aliphatic heterocycles. The first-order chi connectivity index (χ1) is 8.25. The lowest BCUT2D eigenvalue weighted by Crippen LogP contribution is -2.03. The summed E-state index contributed by atoms with van der Waals surface area (Å²) in [6.07, 6.45) is 8.20. The van der Waals surface area contributed by atoms with Gasteiger partial charge in [0.1, 0.15) is 0 Å². The van der Waals surface area contributed by atoms with Crippen molar-refractivity contribution in [2.24, 2.45) is 0 Å². The molecule has 1 fully saturated rings. The zero-order chi connectivity index (χ0) is 12.1. The Balaban J connectivity index is 1.99. The van der Waals surface area contributed by atoms with Crippen LogP contribution in [0.25, 0.3) is 0 Å². The molecule has 0 radical (unpaired) electrons. The highest BCUT2D eigenvalue weighted by Gasteiger charge is 2.09. The molecule has 1 aliphatic rings. The van der Waals surface area contributed by atoms with Gasteiger partial charge in [-0.1, -0.05) is 41.8 Å². The standard InChI is InChI=1S/C15H17ClO/c16-15-9-5-4-8-13(15)11-14(17)10-12-6-2-1-3-7-12/h4-5,8-10H,1-3,6-7,11H2. The van der Waals surface area contributed by atoms with E-state index in [1.54, 1.807) is 0 Å². The number of carbonyl (C=O) groups excluding carboxylic acids is 1. The van der Waals surface area contributed by atoms with Crippen LogP contribution in [-0.4, -0.2) is 5.78 Å². The van der Waals surface area contributed by atoms with Crippen molar-refractivity contribution in [1.82, 2.24) is 0 Å². The Morgan fingerprint density at radius 1 is 1.18 bits per heavy atom. The topological polar surface area (TPSA) is 17.1 Å². The highest BCUT2D eigenvalue weighted by Crippen LogP contribution is 2.23. The summed E-state index contributed by atoms with van der Waals surface area (Å²) in [5, 5.41) is 0.683. The monoisotopic (exact) mass is 248 g/mol. The van der Waals surface area contributed by atoms with Crippen molar-refractivity contribution in [3.8, 4) is 0 Å². The van der Waals surface area contributed by atoms with Gasteiger partial charge in [-0.05, 0) is 43.4 Å². The lowest BCUT2D eigenvalue weighted by atomic mass is 9.93. The van der Waals surface area contributed by atoms with Crippen LogP contribution in [0.4, 0.5) is 0 Å². The van der Waals surface area contributed by atoms with Crippen molar-refractivity contribution in [2.45, 2.75) is 38.5 Å². The Bertz CT molecular complexity index is 426. The average Bonchev–Trinajstić information content (AvgIpc) is 2.33. The van der Waals surface area contributed by atoms with Crippen LogP contribution in [0.1, 0.15) is 37.7 Å². The van der Waals surface area contributed by atoms with E-state index in [1.807, 2.05) is 30.3 Å². The largest absolute Gasteiger partial charge is 0.294 e. The predicted octanol–water partition coefficient (Wildman–Crippen LogP) is 4.34. The van der Waals surface area contributed by atoms with Crippen molar-refractivity contribution in [3.05, 3.63) is 46.5 Å². The zero-order valence-electron chi connectivity index (χ0n) is 9.92. The van der Waals surface area contributed by atoms with Crippen molar-refractivity contribution in [1.29, 1.82) is 0 Å². The van der Waals surface area contributed by atoms with Gasteiger partial charge in [-0.25, -0.2) is 0 Å². The first-order valence-electron chi connectivity index (χ1n) is 6.21. The fraction of sp³-hybridized carbons (Fsp3) is 0.400. The van der Waals surface area contributed by atoms with Crippen LogP contribution in [0.5, 0.6) is 0 Å². The number of halogens is 1. The molecule has 17 heavy (non-hydrogen) atoms. The van der Waals surface area contributed by atoms with Crippen molar-refractivity contribution >= 4 is 17.4 Å². The summed E-state index contributed by atoms with van der Waals surface area (Å²) >= 11 is 6.04. The number of hydrogen-bond acceptors (Lipinski definition) is 1. The maximum absolute atomic E-state index is 11.9. The second-order valence-corrected chi connectivity index (χ2v) is 5.00. The van der Waals surface area contributed by atoms with Crippen molar-refractivity contribution < 1.29 is 4.79 Å². The van der Waals surface area contributed by atoms with E-state index >= 15 is 0 Å². The van der Waals surface area contributed by atoms with Gasteiger partial charge in [0.25, 0.3) is 0 Å². The van der Waals surface area contributed by atoms with Gasteiger partial charge in [0.05, 0.1) is 0 Å². The molecule has 0 atom stereocenters. The normalized spacial score (nSPS) is 15.7. The molecular formula is C15H17ClO. The van der Waals surface area contributed by atoms with E-state index in [0.717, 1.165) is 18.4 Å². The molecule has 2 heteroatoms. The molecular weight excluding hydrogens is 232 g/mol. The molecule has 1 aromatic rings. The first kappa shape index (κ1) is 12.4. The van der Waals surface area contributed by atoms with Crippen LogP contribution in [-0.2, 0) is 11.2 Å². The molecule has 0 saturated heterocycles. The Hall–Kier alpha value is -1.08. The van der Waals surface area contributed by atoms with Crippen LogP contribution in [0, 0.1) is 0 Å². The Morgan fingerprint density at radius 3 is 2.59 bits per heavy atom. The Labute approximate surface area is 107 Å². The molecule has 1 nitrogen and oxygen atoms in total. The molecule has 0 spiro atoms.